The van der Waals surface area contributed by atoms with Gasteiger partial charge in [-0.25, -0.2) is 4.79 Å². The van der Waals surface area contributed by atoms with Gasteiger partial charge in [-0.1, -0.05) is 30.3 Å². The Morgan fingerprint density at radius 1 is 1.21 bits per heavy atom. The van der Waals surface area contributed by atoms with Crippen molar-refractivity contribution in [1.82, 2.24) is 14.7 Å². The molecule has 0 N–H and O–H groups in total. The van der Waals surface area contributed by atoms with Gasteiger partial charge in [-0.2, -0.15) is 0 Å². The standard InChI is InChI=1S/C18H25N3O3/c1-19-10-11-21(18(19)23)13-17(22)20-9-5-8-16(12-20)24-14-15-6-3-2-4-7-15/h2-4,6-7,16H,5,8-14H2,1H3/t16-/m0/s1. The Kier molecular flexibility index (Phi) is 5.35. The summed E-state index contributed by atoms with van der Waals surface area (Å²) in [6.07, 6.45) is 1.99. The van der Waals surface area contributed by atoms with Crippen LogP contribution in [0.25, 0.3) is 0 Å². The van der Waals surface area contributed by atoms with Crippen molar-refractivity contribution in [2.24, 2.45) is 0 Å². The molecule has 6 heteroatoms. The molecule has 2 fully saturated rings. The van der Waals surface area contributed by atoms with Gasteiger partial charge in [-0.05, 0) is 18.4 Å². The zero-order valence-corrected chi connectivity index (χ0v) is 14.2. The number of amides is 3. The monoisotopic (exact) mass is 331 g/mol. The van der Waals surface area contributed by atoms with Crippen LogP contribution in [0.15, 0.2) is 30.3 Å². The predicted octanol–water partition coefficient (Wildman–Crippen LogP) is 1.56. The number of carbonyl (C=O) groups is 2. The van der Waals surface area contributed by atoms with Crippen molar-refractivity contribution < 1.29 is 14.3 Å². The van der Waals surface area contributed by atoms with E-state index in [4.69, 9.17) is 4.74 Å². The Morgan fingerprint density at radius 2 is 2.00 bits per heavy atom. The van der Waals surface area contributed by atoms with Crippen LogP contribution in [0.4, 0.5) is 4.79 Å². The molecule has 2 aliphatic heterocycles. The van der Waals surface area contributed by atoms with Gasteiger partial charge in [0.15, 0.2) is 0 Å². The molecule has 1 aromatic carbocycles. The van der Waals surface area contributed by atoms with Crippen molar-refractivity contribution in [3.8, 4) is 0 Å². The van der Waals surface area contributed by atoms with Crippen LogP contribution in [0.1, 0.15) is 18.4 Å². The van der Waals surface area contributed by atoms with Gasteiger partial charge in [0.25, 0.3) is 0 Å². The number of hydrogen-bond donors (Lipinski definition) is 0. The number of urea groups is 1. The van der Waals surface area contributed by atoms with Gasteiger partial charge < -0.3 is 19.4 Å². The van der Waals surface area contributed by atoms with Crippen LogP contribution in [0.3, 0.4) is 0 Å². The van der Waals surface area contributed by atoms with E-state index in [2.05, 4.69) is 0 Å². The average molecular weight is 331 g/mol. The minimum Gasteiger partial charge on any atom is -0.372 e. The van der Waals surface area contributed by atoms with Crippen molar-refractivity contribution in [3.05, 3.63) is 35.9 Å². The summed E-state index contributed by atoms with van der Waals surface area (Å²) in [4.78, 5) is 29.5. The number of piperidine rings is 1. The van der Waals surface area contributed by atoms with E-state index in [1.54, 1.807) is 16.8 Å². The fourth-order valence-corrected chi connectivity index (χ4v) is 3.20. The number of ether oxygens (including phenoxy) is 1. The molecule has 2 saturated heterocycles. The molecule has 1 atom stereocenters. The van der Waals surface area contributed by atoms with E-state index in [0.29, 0.717) is 26.2 Å². The van der Waals surface area contributed by atoms with Crippen LogP contribution in [0, 0.1) is 0 Å². The molecule has 6 nitrogen and oxygen atoms in total. The maximum Gasteiger partial charge on any atom is 0.320 e. The fraction of sp³-hybridized carbons (Fsp3) is 0.556. The molecule has 1 aromatic rings. The molecule has 2 heterocycles. The van der Waals surface area contributed by atoms with Crippen molar-refractivity contribution >= 4 is 11.9 Å². The van der Waals surface area contributed by atoms with Crippen molar-refractivity contribution in [3.63, 3.8) is 0 Å². The second-order valence-electron chi connectivity index (χ2n) is 6.53. The Bertz CT molecular complexity index is 578. The highest BCUT2D eigenvalue weighted by Gasteiger charge is 2.30. The van der Waals surface area contributed by atoms with Gasteiger partial charge >= 0.3 is 6.03 Å². The molecule has 130 valence electrons. The second-order valence-corrected chi connectivity index (χ2v) is 6.53. The van der Waals surface area contributed by atoms with Crippen LogP contribution in [-0.2, 0) is 16.1 Å². The minimum absolute atomic E-state index is 0.0201. The first-order valence-corrected chi connectivity index (χ1v) is 8.57. The van der Waals surface area contributed by atoms with Crippen molar-refractivity contribution in [2.45, 2.75) is 25.6 Å². The lowest BCUT2D eigenvalue weighted by molar-refractivity contribution is -0.136. The molecule has 3 amide bonds. The fourth-order valence-electron chi connectivity index (χ4n) is 3.20. The zero-order valence-electron chi connectivity index (χ0n) is 14.2. The van der Waals surface area contributed by atoms with Crippen LogP contribution in [-0.4, -0.2) is 72.5 Å². The molecule has 2 aliphatic rings. The maximum atomic E-state index is 12.5. The Hall–Kier alpha value is -2.08. The summed E-state index contributed by atoms with van der Waals surface area (Å²) in [7, 11) is 1.77. The number of rotatable bonds is 5. The number of hydrogen-bond acceptors (Lipinski definition) is 3. The Morgan fingerprint density at radius 3 is 2.71 bits per heavy atom. The van der Waals surface area contributed by atoms with Crippen LogP contribution >= 0.6 is 0 Å². The molecule has 0 radical (unpaired) electrons. The normalized spacial score (nSPS) is 21.5. The first kappa shape index (κ1) is 16.8. The number of carbonyl (C=O) groups excluding carboxylic acids is 2. The SMILES string of the molecule is CN1CCN(CC(=O)N2CCC[C@H](OCc3ccccc3)C2)C1=O. The third kappa shape index (κ3) is 4.06. The molecule has 0 aliphatic carbocycles. The second kappa shape index (κ2) is 7.66. The summed E-state index contributed by atoms with van der Waals surface area (Å²) in [5.74, 6) is 0.0201. The van der Waals surface area contributed by atoms with E-state index in [9.17, 15) is 9.59 Å². The molecule has 0 spiro atoms. The van der Waals surface area contributed by atoms with Crippen molar-refractivity contribution in [1.29, 1.82) is 0 Å². The van der Waals surface area contributed by atoms with Crippen LogP contribution in [0.5, 0.6) is 0 Å². The minimum atomic E-state index is -0.0581. The van der Waals surface area contributed by atoms with Gasteiger partial charge in [-0.15, -0.1) is 0 Å². The van der Waals surface area contributed by atoms with E-state index >= 15 is 0 Å². The van der Waals surface area contributed by atoms with E-state index in [1.165, 1.54) is 0 Å². The maximum absolute atomic E-state index is 12.5. The molecule has 0 unspecified atom stereocenters. The predicted molar refractivity (Wildman–Crippen MR) is 90.4 cm³/mol. The van der Waals surface area contributed by atoms with Gasteiger partial charge in [-0.3, -0.25) is 4.79 Å². The van der Waals surface area contributed by atoms with E-state index in [-0.39, 0.29) is 24.6 Å². The number of benzene rings is 1. The van der Waals surface area contributed by atoms with Gasteiger partial charge in [0.1, 0.15) is 6.54 Å². The van der Waals surface area contributed by atoms with E-state index < -0.39 is 0 Å². The average Bonchev–Trinajstić information content (AvgIpc) is 2.93. The third-order valence-corrected chi connectivity index (χ3v) is 4.69. The largest absolute Gasteiger partial charge is 0.372 e. The number of nitrogens with zero attached hydrogens (tertiary/aromatic N) is 3. The molecule has 0 bridgehead atoms. The lowest BCUT2D eigenvalue weighted by Crippen LogP contribution is -2.47. The summed E-state index contributed by atoms with van der Waals surface area (Å²) in [6.45, 7) is 3.43. The summed E-state index contributed by atoms with van der Waals surface area (Å²) in [5.41, 5.74) is 1.15. The summed E-state index contributed by atoms with van der Waals surface area (Å²) in [6, 6.07) is 10.0. The zero-order chi connectivity index (χ0) is 16.9. The summed E-state index contributed by atoms with van der Waals surface area (Å²) in [5, 5.41) is 0. The third-order valence-electron chi connectivity index (χ3n) is 4.69. The van der Waals surface area contributed by atoms with Crippen LogP contribution < -0.4 is 0 Å². The summed E-state index contributed by atoms with van der Waals surface area (Å²) < 4.78 is 5.97. The van der Waals surface area contributed by atoms with Crippen molar-refractivity contribution in [2.75, 3.05) is 39.8 Å². The first-order valence-electron chi connectivity index (χ1n) is 8.57. The lowest BCUT2D eigenvalue weighted by Gasteiger charge is -2.33. The number of likely N-dealkylation sites (N-methyl/N-ethyl adjacent to an activating group) is 1. The number of likely N-dealkylation sites (tertiary alicyclic amines) is 1. The highest BCUT2D eigenvalue weighted by atomic mass is 16.5. The van der Waals surface area contributed by atoms with Gasteiger partial charge in [0, 0.05) is 33.2 Å². The van der Waals surface area contributed by atoms with Gasteiger partial charge in [0.05, 0.1) is 12.7 Å². The topological polar surface area (TPSA) is 53.1 Å². The highest BCUT2D eigenvalue weighted by Crippen LogP contribution is 2.16. The van der Waals surface area contributed by atoms with Crippen LogP contribution in [0.2, 0.25) is 0 Å². The van der Waals surface area contributed by atoms with E-state index in [1.807, 2.05) is 35.2 Å². The quantitative estimate of drug-likeness (QED) is 0.823. The Balaban J connectivity index is 1.48. The molecular weight excluding hydrogens is 306 g/mol. The molecular formula is C18H25N3O3. The Labute approximate surface area is 143 Å². The molecule has 0 saturated carbocycles. The first-order chi connectivity index (χ1) is 11.6. The summed E-state index contributed by atoms with van der Waals surface area (Å²) >= 11 is 0. The van der Waals surface area contributed by atoms with Gasteiger partial charge in [0.2, 0.25) is 5.91 Å². The van der Waals surface area contributed by atoms with E-state index in [0.717, 1.165) is 24.9 Å². The lowest BCUT2D eigenvalue weighted by atomic mass is 10.1. The molecule has 24 heavy (non-hydrogen) atoms. The highest BCUT2D eigenvalue weighted by molar-refractivity contribution is 5.85. The molecule has 0 aromatic heterocycles. The smallest absolute Gasteiger partial charge is 0.320 e. The molecule has 3 rings (SSSR count).